The van der Waals surface area contributed by atoms with E-state index < -0.39 is 37.9 Å². The molecule has 770 valence electrons. The molecule has 0 N–H and O–H groups in total. The molecule has 3 fully saturated rings. The molecule has 1 unspecified atom stereocenters. The first-order valence-corrected chi connectivity index (χ1v) is 46.2. The highest BCUT2D eigenvalue weighted by molar-refractivity contribution is 5.92. The van der Waals surface area contributed by atoms with Gasteiger partial charge in [-0.25, -0.2) is 9.97 Å². The summed E-state index contributed by atoms with van der Waals surface area (Å²) < 4.78 is 263. The third-order valence-electron chi connectivity index (χ3n) is 23.7. The van der Waals surface area contributed by atoms with E-state index >= 15 is 0 Å². The fourth-order valence-corrected chi connectivity index (χ4v) is 16.5. The van der Waals surface area contributed by atoms with Crippen molar-refractivity contribution in [3.8, 4) is 114 Å². The lowest BCUT2D eigenvalue weighted by Crippen LogP contribution is -2.30. The molecule has 2 saturated heterocycles. The fourth-order valence-electron chi connectivity index (χ4n) is 16.5. The van der Waals surface area contributed by atoms with Crippen LogP contribution in [0, 0.1) is 13.8 Å². The second-order valence-corrected chi connectivity index (χ2v) is 34.2. The zero-order valence-electron chi connectivity index (χ0n) is 78.7. The number of fused-ring (bicyclic) bond motifs is 5. The number of nitrogens with zero attached hydrogens (tertiary/aromatic N) is 13. The number of rotatable bonds is 27. The maximum Gasteiger partial charge on any atom is 0.573 e. The summed E-state index contributed by atoms with van der Waals surface area (Å²) in [5.41, 5.74) is 12.2. The number of hydrogen-bond acceptors (Lipinski definition) is 27. The predicted molar refractivity (Wildman–Crippen MR) is 507 cm³/mol. The Morgan fingerprint density at radius 1 is 0.405 bits per heavy atom. The highest BCUT2D eigenvalue weighted by Crippen LogP contribution is 2.41. The molecule has 0 radical (unpaired) electrons. The molecule has 0 bridgehead atoms. The average Bonchev–Trinajstić information content (AvgIpc) is 1.67. The number of ether oxygens (including phenoxy) is 10. The SMILES string of the molecule is CC(COc1noc2ccc(-c3ccc(OC(F)(F)F)cc3)cc12)n1cccn1.CN1CCC[C@H]1COc1noc2ccc(-c3ccc(OC(F)(F)F)cc3)cc12.Cc1cc(C)n(CCOc2noc3ccc(-c4ccc(OC(F)(F)F)cc4)cc23)n1.FC(F)(F)Oc1ccc(-c2ccc3onc(OCc4nccc(N5CCCCC5)n4)c3c2)cc1.O=C1CCC[C@H]1Oc1noc2ccc(-c3ccc(OC(F)(F)F)cc3)cc12. The number of anilines is 1. The number of aryl methyl sites for hydroxylation is 2. The number of alkyl halides is 15. The summed E-state index contributed by atoms with van der Waals surface area (Å²) >= 11 is 0. The highest BCUT2D eigenvalue weighted by atomic mass is 19.4. The van der Waals surface area contributed by atoms with Crippen molar-refractivity contribution in [2.45, 2.75) is 135 Å². The number of aromatic nitrogens is 11. The van der Waals surface area contributed by atoms with Crippen molar-refractivity contribution in [2.75, 3.05) is 51.4 Å². The van der Waals surface area contributed by atoms with E-state index in [0.29, 0.717) is 135 Å². The number of likely N-dealkylation sites (N-methyl/N-ethyl adjacent to an activating group) is 1. The Balaban J connectivity index is 0.000000126. The van der Waals surface area contributed by atoms with Gasteiger partial charge in [0.25, 0.3) is 29.4 Å². The number of carbonyl (C=O) groups excluding carboxylic acids is 1. The molecular formula is C104H88F15N13O16. The van der Waals surface area contributed by atoms with Crippen molar-refractivity contribution in [1.29, 1.82) is 0 Å². The normalized spacial score (nSPS) is 14.8. The van der Waals surface area contributed by atoms with Crippen molar-refractivity contribution in [1.82, 2.24) is 60.2 Å². The van der Waals surface area contributed by atoms with Gasteiger partial charge in [-0.05, 0) is 300 Å². The standard InChI is InChI=1S/C24H21F3N4O3.C21H18F3N3O3.C20H16F3N3O3.C20H19F3N2O3.C19H14F3NO4/c25-24(26,27)33-18-7-4-16(5-8-18)17-6-9-20-19(14-17)23(30-34-20)32-15-21-28-11-10-22(29-21)31-12-2-1-3-13-31;1-13-11-14(2)27(25-13)9-10-28-20-18-12-16(5-8-19(18)30-26-20)15-3-6-17(7-4-15)29-21(22,23)24;1-13(26-10-2-9-24-26)12-27-19-17-11-15(5-8-18(17)29-25-19)14-3-6-16(7-4-14)28-20(21,22)23;1-25-10-2-3-15(25)12-26-19-17-11-14(6-9-18(17)28-24-19)13-4-7-16(8-5-13)27-20(21,22)23;20-19(21,22)26-13-7-4-11(5-8-13)12-6-9-16-14(10-12)18(23-27-16)25-17-3-1-2-15(17)24/h4-11,14H,1-3,12-13,15H2;3-8,11-12H,9-10H2,1-2H3;2-11,13H,12H2,1H3;4-9,11,15H,2-3,10,12H2,1H3;4-10,17H,1-3H2/t;;;15-;17-/m...01/s1. The van der Waals surface area contributed by atoms with E-state index in [4.69, 9.17) is 46.3 Å². The first-order valence-electron chi connectivity index (χ1n) is 46.2. The van der Waals surface area contributed by atoms with E-state index in [2.05, 4.69) is 86.5 Å². The molecule has 44 heteroatoms. The smallest absolute Gasteiger partial charge is 0.473 e. The molecule has 0 spiro atoms. The Labute approximate surface area is 830 Å². The lowest BCUT2D eigenvalue weighted by molar-refractivity contribution is -0.275. The van der Waals surface area contributed by atoms with Crippen LogP contribution in [0.25, 0.3) is 110 Å². The molecule has 0 amide bonds. The van der Waals surface area contributed by atoms with Crippen molar-refractivity contribution in [3.05, 3.63) is 266 Å². The number of benzene rings is 10. The third-order valence-corrected chi connectivity index (χ3v) is 23.7. The van der Waals surface area contributed by atoms with Crippen molar-refractivity contribution < 1.29 is 141 Å². The number of piperidine rings is 1. The minimum Gasteiger partial charge on any atom is -0.473 e. The molecule has 21 rings (SSSR count). The number of Topliss-reactive ketones (excluding diaryl/α,β-unsaturated/α-hetero) is 1. The number of carbonyl (C=O) groups is 1. The summed E-state index contributed by atoms with van der Waals surface area (Å²) in [6.07, 6.45) is -11.1. The molecule has 1 saturated carbocycles. The van der Waals surface area contributed by atoms with E-state index in [-0.39, 0.29) is 53.1 Å². The average molecular weight is 2060 g/mol. The Morgan fingerprint density at radius 3 is 1.14 bits per heavy atom. The van der Waals surface area contributed by atoms with Crippen molar-refractivity contribution in [3.63, 3.8) is 0 Å². The summed E-state index contributed by atoms with van der Waals surface area (Å²) in [6, 6.07) is 61.0. The van der Waals surface area contributed by atoms with Crippen LogP contribution in [0.1, 0.15) is 81.5 Å². The monoisotopic (exact) mass is 2060 g/mol. The first kappa shape index (κ1) is 103. The van der Waals surface area contributed by atoms with Gasteiger partial charge in [-0.1, -0.05) is 91.0 Å². The molecule has 29 nitrogen and oxygen atoms in total. The largest absolute Gasteiger partial charge is 0.573 e. The summed E-state index contributed by atoms with van der Waals surface area (Å²) in [7, 11) is 2.08. The summed E-state index contributed by atoms with van der Waals surface area (Å²) in [5.74, 6) is 1.75. The second kappa shape index (κ2) is 45.0. The lowest BCUT2D eigenvalue weighted by atomic mass is 10.0. The molecule has 3 aliphatic rings. The maximum absolute atomic E-state index is 12.4. The summed E-state index contributed by atoms with van der Waals surface area (Å²) in [6.45, 7) is 10.8. The van der Waals surface area contributed by atoms with Crippen LogP contribution in [0.15, 0.2) is 272 Å². The van der Waals surface area contributed by atoms with Crippen LogP contribution < -0.4 is 52.3 Å². The number of likely N-dealkylation sites (tertiary alicyclic amines) is 1. The second-order valence-electron chi connectivity index (χ2n) is 34.2. The number of halogens is 15. The van der Waals surface area contributed by atoms with Crippen LogP contribution >= 0.6 is 0 Å². The number of hydrogen-bond donors (Lipinski definition) is 0. The van der Waals surface area contributed by atoms with Gasteiger partial charge >= 0.3 is 31.8 Å². The Morgan fingerprint density at radius 2 is 0.784 bits per heavy atom. The van der Waals surface area contributed by atoms with E-state index in [1.165, 1.54) is 79.2 Å². The van der Waals surface area contributed by atoms with Gasteiger partial charge in [-0.2, -0.15) is 10.2 Å². The molecule has 18 aromatic rings. The van der Waals surface area contributed by atoms with E-state index in [1.807, 2.05) is 80.2 Å². The topological polar surface area (TPSA) is 307 Å². The van der Waals surface area contributed by atoms with Crippen LogP contribution in [0.3, 0.4) is 0 Å². The molecule has 10 aromatic carbocycles. The fraction of sp³-hybridized carbons (Fsp3) is 0.269. The Bertz CT molecular complexity index is 7500. The van der Waals surface area contributed by atoms with Gasteiger partial charge < -0.3 is 79.8 Å². The van der Waals surface area contributed by atoms with Crippen LogP contribution in [0.2, 0.25) is 0 Å². The molecular weight excluding hydrogens is 1970 g/mol. The van der Waals surface area contributed by atoms with Gasteiger partial charge in [-0.15, -0.1) is 65.9 Å². The highest BCUT2D eigenvalue weighted by Gasteiger charge is 2.37. The van der Waals surface area contributed by atoms with Crippen molar-refractivity contribution in [2.24, 2.45) is 0 Å². The lowest BCUT2D eigenvalue weighted by Gasteiger charge is -2.27. The van der Waals surface area contributed by atoms with Gasteiger partial charge in [0.2, 0.25) is 0 Å². The maximum atomic E-state index is 12.4. The van der Waals surface area contributed by atoms with Crippen LogP contribution in [-0.4, -0.2) is 156 Å². The molecule has 3 atom stereocenters. The van der Waals surface area contributed by atoms with Gasteiger partial charge in [-0.3, -0.25) is 14.2 Å². The summed E-state index contributed by atoms with van der Waals surface area (Å²) in [5, 5.41) is 31.7. The number of ketones is 1. The minimum absolute atomic E-state index is 0.00103. The minimum atomic E-state index is -4.73. The Hall–Kier alpha value is -16.6. The molecule has 8 aromatic heterocycles. The summed E-state index contributed by atoms with van der Waals surface area (Å²) in [4.78, 5) is 25.2. The molecule has 1 aliphatic carbocycles. The Kier molecular flexibility index (Phi) is 31.3. The molecule has 2 aliphatic heterocycles. The van der Waals surface area contributed by atoms with Gasteiger partial charge in [0.05, 0.1) is 45.2 Å². The predicted octanol–water partition coefficient (Wildman–Crippen LogP) is 26.0. The first-order chi connectivity index (χ1) is 70.9. The van der Waals surface area contributed by atoms with Crippen LogP contribution in [-0.2, 0) is 17.9 Å². The van der Waals surface area contributed by atoms with Crippen LogP contribution in [0.5, 0.6) is 58.1 Å². The van der Waals surface area contributed by atoms with E-state index in [0.717, 1.165) is 119 Å². The third kappa shape index (κ3) is 27.5. The molecule has 10 heterocycles. The quantitative estimate of drug-likeness (QED) is 0.0432. The molecule has 148 heavy (non-hydrogen) atoms. The van der Waals surface area contributed by atoms with Gasteiger partial charge in [0.1, 0.15) is 61.0 Å². The van der Waals surface area contributed by atoms with Crippen molar-refractivity contribution >= 4 is 66.4 Å². The van der Waals surface area contributed by atoms with E-state index in [9.17, 15) is 70.7 Å². The van der Waals surface area contributed by atoms with Gasteiger partial charge in [0, 0.05) is 49.8 Å². The zero-order chi connectivity index (χ0) is 104. The van der Waals surface area contributed by atoms with Crippen LogP contribution in [0.4, 0.5) is 71.7 Å². The van der Waals surface area contributed by atoms with E-state index in [1.54, 1.807) is 126 Å². The van der Waals surface area contributed by atoms with Gasteiger partial charge in [0.15, 0.2) is 45.6 Å². The zero-order valence-corrected chi connectivity index (χ0v) is 78.7.